The lowest BCUT2D eigenvalue weighted by molar-refractivity contribution is -0.138. The first-order valence-electron chi connectivity index (χ1n) is 12.0. The third kappa shape index (κ3) is 5.19. The van der Waals surface area contributed by atoms with Gasteiger partial charge < -0.3 is 14.8 Å². The van der Waals surface area contributed by atoms with Gasteiger partial charge in [0.1, 0.15) is 12.4 Å². The number of thiophene rings is 1. The van der Waals surface area contributed by atoms with Crippen LogP contribution in [0.1, 0.15) is 68.7 Å². The second-order valence-electron chi connectivity index (χ2n) is 9.82. The number of hydrogen-bond donors (Lipinski definition) is 1. The van der Waals surface area contributed by atoms with Gasteiger partial charge in [-0.3, -0.25) is 4.79 Å². The number of allylic oxidation sites excluding steroid dienone is 3. The van der Waals surface area contributed by atoms with Crippen molar-refractivity contribution in [3.8, 4) is 5.75 Å². The molecule has 5 nitrogen and oxygen atoms in total. The van der Waals surface area contributed by atoms with Crippen LogP contribution >= 0.6 is 22.9 Å². The zero-order chi connectivity index (χ0) is 25.3. The molecule has 0 saturated heterocycles. The average Bonchev–Trinajstić information content (AvgIpc) is 3.19. The minimum absolute atomic E-state index is 0.0864. The van der Waals surface area contributed by atoms with Gasteiger partial charge in [-0.1, -0.05) is 44.5 Å². The molecule has 2 aliphatic rings. The van der Waals surface area contributed by atoms with Crippen LogP contribution in [0, 0.1) is 5.41 Å². The Morgan fingerprint density at radius 3 is 2.66 bits per heavy atom. The summed E-state index contributed by atoms with van der Waals surface area (Å²) in [7, 11) is 0. The monoisotopic (exact) mass is 513 g/mol. The highest BCUT2D eigenvalue weighted by atomic mass is 35.5. The van der Waals surface area contributed by atoms with Crippen LogP contribution in [0.4, 0.5) is 0 Å². The van der Waals surface area contributed by atoms with E-state index in [2.05, 4.69) is 32.2 Å². The number of ether oxygens (including phenoxy) is 2. The number of carbonyl (C=O) groups is 2. The molecule has 1 aromatic carbocycles. The molecule has 1 aliphatic carbocycles. The van der Waals surface area contributed by atoms with Crippen molar-refractivity contribution in [3.63, 3.8) is 0 Å². The van der Waals surface area contributed by atoms with E-state index in [4.69, 9.17) is 21.1 Å². The van der Waals surface area contributed by atoms with Crippen molar-refractivity contribution < 1.29 is 19.1 Å². The van der Waals surface area contributed by atoms with Gasteiger partial charge >= 0.3 is 5.97 Å². The fourth-order valence-corrected chi connectivity index (χ4v) is 6.39. The Kier molecular flexibility index (Phi) is 7.43. The number of aryl methyl sites for hydroxylation is 1. The molecule has 7 heteroatoms. The lowest BCUT2D eigenvalue weighted by Gasteiger charge is -2.39. The summed E-state index contributed by atoms with van der Waals surface area (Å²) in [5.41, 5.74) is 3.78. The molecule has 0 bridgehead atoms. The molecule has 186 valence electrons. The van der Waals surface area contributed by atoms with Gasteiger partial charge in [0.05, 0.1) is 23.1 Å². The molecule has 2 heterocycles. The van der Waals surface area contributed by atoms with Gasteiger partial charge in [-0.25, -0.2) is 4.79 Å². The highest BCUT2D eigenvalue weighted by Gasteiger charge is 2.43. The minimum Gasteiger partial charge on any atom is -0.487 e. The standard InChI is InChI=1S/C28H32ClNO4S/c1-6-22-17(15-34-21-11-9-8-10-18(21)29)12-23(35-22)26-24(27(32)33-7-2)16(3)30-19-13-28(4,5)14-20(31)25(19)26/h8-12,26,30H,6-7,13-15H2,1-5H3/t26-/m1/s1. The second-order valence-corrected chi connectivity index (χ2v) is 11.4. The smallest absolute Gasteiger partial charge is 0.336 e. The molecule has 4 rings (SSSR count). The minimum atomic E-state index is -0.446. The van der Waals surface area contributed by atoms with Gasteiger partial charge in [-0.15, -0.1) is 11.3 Å². The van der Waals surface area contributed by atoms with E-state index in [1.54, 1.807) is 24.3 Å². The van der Waals surface area contributed by atoms with Gasteiger partial charge in [0.25, 0.3) is 0 Å². The van der Waals surface area contributed by atoms with E-state index in [1.807, 2.05) is 25.1 Å². The molecule has 1 aliphatic heterocycles. The fourth-order valence-electron chi connectivity index (χ4n) is 4.97. The first kappa shape index (κ1) is 25.5. The Hall–Kier alpha value is -2.57. The molecule has 1 N–H and O–H groups in total. The quantitative estimate of drug-likeness (QED) is 0.417. The summed E-state index contributed by atoms with van der Waals surface area (Å²) in [6, 6.07) is 9.49. The van der Waals surface area contributed by atoms with E-state index in [-0.39, 0.29) is 23.8 Å². The molecule has 35 heavy (non-hydrogen) atoms. The lowest BCUT2D eigenvalue weighted by atomic mass is 9.70. The zero-order valence-electron chi connectivity index (χ0n) is 20.9. The van der Waals surface area contributed by atoms with E-state index in [0.29, 0.717) is 34.9 Å². The van der Waals surface area contributed by atoms with Crippen molar-refractivity contribution in [1.82, 2.24) is 5.32 Å². The van der Waals surface area contributed by atoms with E-state index < -0.39 is 5.92 Å². The van der Waals surface area contributed by atoms with E-state index in [9.17, 15) is 9.59 Å². The molecule has 2 aromatic rings. The fraction of sp³-hybridized carbons (Fsp3) is 0.429. The third-order valence-corrected chi connectivity index (χ3v) is 8.17. The lowest BCUT2D eigenvalue weighted by Crippen LogP contribution is -2.38. The van der Waals surface area contributed by atoms with Crippen molar-refractivity contribution in [1.29, 1.82) is 0 Å². The van der Waals surface area contributed by atoms with Crippen LogP contribution in [0.2, 0.25) is 5.02 Å². The van der Waals surface area contributed by atoms with Crippen LogP contribution in [-0.4, -0.2) is 18.4 Å². The number of benzene rings is 1. The van der Waals surface area contributed by atoms with Crippen LogP contribution in [0.5, 0.6) is 5.75 Å². The summed E-state index contributed by atoms with van der Waals surface area (Å²) in [4.78, 5) is 28.7. The van der Waals surface area contributed by atoms with E-state index >= 15 is 0 Å². The molecular formula is C28H32ClNO4S. The van der Waals surface area contributed by atoms with Crippen LogP contribution < -0.4 is 10.1 Å². The normalized spacial score (nSPS) is 19.4. The van der Waals surface area contributed by atoms with Gasteiger partial charge in [0, 0.05) is 38.7 Å². The first-order valence-corrected chi connectivity index (χ1v) is 13.2. The molecule has 0 fully saturated rings. The number of dihydropyridines is 1. The number of para-hydroxylation sites is 1. The van der Waals surface area contributed by atoms with Gasteiger partial charge in [-0.05, 0) is 50.3 Å². The molecule has 0 radical (unpaired) electrons. The predicted molar refractivity (Wildman–Crippen MR) is 140 cm³/mol. The second kappa shape index (κ2) is 10.2. The van der Waals surface area contributed by atoms with E-state index in [0.717, 1.165) is 39.6 Å². The van der Waals surface area contributed by atoms with Crippen LogP contribution in [-0.2, 0) is 27.4 Å². The van der Waals surface area contributed by atoms with Crippen LogP contribution in [0.15, 0.2) is 52.9 Å². The average molecular weight is 514 g/mol. The zero-order valence-corrected chi connectivity index (χ0v) is 22.5. The number of halogens is 1. The summed E-state index contributed by atoms with van der Waals surface area (Å²) < 4.78 is 11.5. The molecule has 0 unspecified atom stereocenters. The Labute approximate surface area is 216 Å². The third-order valence-electron chi connectivity index (χ3n) is 6.48. The molecular weight excluding hydrogens is 482 g/mol. The van der Waals surface area contributed by atoms with Crippen molar-refractivity contribution in [2.45, 2.75) is 66.4 Å². The topological polar surface area (TPSA) is 64.6 Å². The Bertz CT molecular complexity index is 1220. The Balaban J connectivity index is 1.77. The largest absolute Gasteiger partial charge is 0.487 e. The maximum Gasteiger partial charge on any atom is 0.336 e. The number of nitrogens with one attached hydrogen (secondary N) is 1. The highest BCUT2D eigenvalue weighted by Crippen LogP contribution is 2.48. The van der Waals surface area contributed by atoms with Crippen molar-refractivity contribution in [2.75, 3.05) is 6.61 Å². The van der Waals surface area contributed by atoms with Gasteiger partial charge in [-0.2, -0.15) is 0 Å². The SMILES string of the molecule is CCOC(=O)C1=C(C)NC2=C(C(=O)CC(C)(C)C2)[C@@H]1c1cc(COc2ccccc2Cl)c(CC)s1. The molecule has 1 atom stereocenters. The van der Waals surface area contributed by atoms with Crippen molar-refractivity contribution >= 4 is 34.7 Å². The Morgan fingerprint density at radius 1 is 1.23 bits per heavy atom. The van der Waals surface area contributed by atoms with Crippen molar-refractivity contribution in [3.05, 3.63) is 73.2 Å². The van der Waals surface area contributed by atoms with Crippen LogP contribution in [0.25, 0.3) is 0 Å². The first-order chi connectivity index (χ1) is 16.6. The number of Topliss-reactive ketones (excluding diaryl/α,β-unsaturated/α-hetero) is 1. The number of rotatable bonds is 7. The molecule has 0 amide bonds. The number of hydrogen-bond acceptors (Lipinski definition) is 6. The van der Waals surface area contributed by atoms with Gasteiger partial charge in [0.15, 0.2) is 5.78 Å². The Morgan fingerprint density at radius 2 is 1.97 bits per heavy atom. The summed E-state index contributed by atoms with van der Waals surface area (Å²) in [5.74, 6) is -0.114. The summed E-state index contributed by atoms with van der Waals surface area (Å²) in [6.45, 7) is 10.6. The highest BCUT2D eigenvalue weighted by molar-refractivity contribution is 7.12. The number of ketones is 1. The number of esters is 1. The number of carbonyl (C=O) groups excluding carboxylic acids is 2. The maximum absolute atomic E-state index is 13.5. The predicted octanol–water partition coefficient (Wildman–Crippen LogP) is 6.71. The van der Waals surface area contributed by atoms with E-state index in [1.165, 1.54) is 0 Å². The summed E-state index contributed by atoms with van der Waals surface area (Å²) in [6.07, 6.45) is 2.03. The van der Waals surface area contributed by atoms with Gasteiger partial charge in [0.2, 0.25) is 0 Å². The molecule has 0 saturated carbocycles. The summed E-state index contributed by atoms with van der Waals surface area (Å²) >= 11 is 7.91. The molecule has 0 spiro atoms. The molecule has 1 aromatic heterocycles. The van der Waals surface area contributed by atoms with Crippen LogP contribution in [0.3, 0.4) is 0 Å². The maximum atomic E-state index is 13.5. The summed E-state index contributed by atoms with van der Waals surface area (Å²) in [5, 5.41) is 3.95. The van der Waals surface area contributed by atoms with Crippen molar-refractivity contribution in [2.24, 2.45) is 5.41 Å².